The summed E-state index contributed by atoms with van der Waals surface area (Å²) in [4.78, 5) is 12.0. The number of allylic oxidation sites excluding steroid dienone is 1. The summed E-state index contributed by atoms with van der Waals surface area (Å²) >= 11 is 0. The van der Waals surface area contributed by atoms with Crippen molar-refractivity contribution in [2.75, 3.05) is 13.1 Å². The highest BCUT2D eigenvalue weighted by Gasteiger charge is 2.32. The van der Waals surface area contributed by atoms with Gasteiger partial charge in [-0.05, 0) is 73.3 Å². The molecular weight excluding hydrogens is 476 g/mol. The van der Waals surface area contributed by atoms with Crippen molar-refractivity contribution in [2.24, 2.45) is 17.5 Å². The highest BCUT2D eigenvalue weighted by Crippen LogP contribution is 2.32. The number of hydrazine groups is 1. The second kappa shape index (κ2) is 11.9. The summed E-state index contributed by atoms with van der Waals surface area (Å²) in [7, 11) is -3.66. The predicted molar refractivity (Wildman–Crippen MR) is 141 cm³/mol. The first-order valence-corrected chi connectivity index (χ1v) is 13.8. The zero-order valence-corrected chi connectivity index (χ0v) is 22.2. The number of rotatable bonds is 10. The smallest absolute Gasteiger partial charge is 0.303 e. The van der Waals surface area contributed by atoms with Crippen LogP contribution in [0.15, 0.2) is 59.3 Å². The van der Waals surface area contributed by atoms with Crippen LogP contribution in [0.1, 0.15) is 61.3 Å². The lowest BCUT2D eigenvalue weighted by Crippen LogP contribution is -2.33. The van der Waals surface area contributed by atoms with E-state index in [0.29, 0.717) is 42.9 Å². The molecule has 196 valence electrons. The summed E-state index contributed by atoms with van der Waals surface area (Å²) in [6.07, 6.45) is 3.38. The van der Waals surface area contributed by atoms with Crippen molar-refractivity contribution in [3.63, 3.8) is 0 Å². The van der Waals surface area contributed by atoms with Gasteiger partial charge in [0.1, 0.15) is 0 Å². The maximum atomic E-state index is 13.6. The average Bonchev–Trinajstić information content (AvgIpc) is 2.91. The van der Waals surface area contributed by atoms with Crippen LogP contribution in [0.4, 0.5) is 0 Å². The standard InChI is InChI=1S/C27H38N4O4S/c1-4-30(29)18-25(28)12-11-22(15-27(32)33)21-10-9-20(3)24(14-21)17-31-16-19(2)13-23-7-5-6-8-26(23)36(31,34)35/h5-10,14,18-19,22H,4,11-13,15-17,28-29H2,1-3H3,(H,32,33)/b25-18-. The molecule has 5 N–H and O–H groups in total. The number of benzene rings is 2. The van der Waals surface area contributed by atoms with Crippen molar-refractivity contribution < 1.29 is 18.3 Å². The third-order valence-corrected chi connectivity index (χ3v) is 8.68. The van der Waals surface area contributed by atoms with E-state index in [4.69, 9.17) is 11.6 Å². The van der Waals surface area contributed by atoms with Crippen LogP contribution in [0.2, 0.25) is 0 Å². The molecule has 8 nitrogen and oxygen atoms in total. The van der Waals surface area contributed by atoms with Crippen molar-refractivity contribution in [1.82, 2.24) is 9.31 Å². The first-order valence-electron chi connectivity index (χ1n) is 12.4. The van der Waals surface area contributed by atoms with E-state index in [1.807, 2.05) is 44.2 Å². The highest BCUT2D eigenvalue weighted by molar-refractivity contribution is 7.89. The normalized spacial score (nSPS) is 18.8. The summed E-state index contributed by atoms with van der Waals surface area (Å²) in [6, 6.07) is 13.0. The molecule has 2 atom stereocenters. The predicted octanol–water partition coefficient (Wildman–Crippen LogP) is 3.71. The van der Waals surface area contributed by atoms with Gasteiger partial charge in [0.2, 0.25) is 10.0 Å². The Morgan fingerprint density at radius 1 is 1.28 bits per heavy atom. The topological polar surface area (TPSA) is 130 Å². The molecule has 0 spiro atoms. The molecule has 2 unspecified atom stereocenters. The first-order chi connectivity index (χ1) is 17.0. The second-order valence-corrected chi connectivity index (χ2v) is 11.7. The fraction of sp³-hybridized carbons (Fsp3) is 0.444. The summed E-state index contributed by atoms with van der Waals surface area (Å²) in [5.74, 6) is 4.82. The molecule has 3 rings (SSSR count). The van der Waals surface area contributed by atoms with Gasteiger partial charge in [0.15, 0.2) is 0 Å². The fourth-order valence-corrected chi connectivity index (χ4v) is 6.48. The maximum Gasteiger partial charge on any atom is 0.303 e. The number of fused-ring (bicyclic) bond motifs is 1. The Bertz CT molecular complexity index is 1210. The van der Waals surface area contributed by atoms with E-state index >= 15 is 0 Å². The number of aryl methyl sites for hydroxylation is 1. The van der Waals surface area contributed by atoms with Crippen LogP contribution in [0.25, 0.3) is 0 Å². The molecular formula is C27H38N4O4S. The number of hydrogen-bond donors (Lipinski definition) is 3. The lowest BCUT2D eigenvalue weighted by Gasteiger charge is -2.24. The molecule has 1 aliphatic heterocycles. The van der Waals surface area contributed by atoms with Gasteiger partial charge in [-0.3, -0.25) is 4.79 Å². The Balaban J connectivity index is 1.89. The number of carboxylic acids is 1. The van der Waals surface area contributed by atoms with Crippen LogP contribution in [0.3, 0.4) is 0 Å². The van der Waals surface area contributed by atoms with Gasteiger partial charge in [0, 0.05) is 31.5 Å². The minimum atomic E-state index is -3.66. The van der Waals surface area contributed by atoms with E-state index < -0.39 is 16.0 Å². The molecule has 1 aliphatic rings. The van der Waals surface area contributed by atoms with Crippen LogP contribution in [0.5, 0.6) is 0 Å². The summed E-state index contributed by atoms with van der Waals surface area (Å²) in [5, 5.41) is 11.0. The Hall–Kier alpha value is -2.88. The monoisotopic (exact) mass is 514 g/mol. The largest absolute Gasteiger partial charge is 0.481 e. The molecule has 9 heteroatoms. The molecule has 0 radical (unpaired) electrons. The van der Waals surface area contributed by atoms with Crippen LogP contribution in [-0.2, 0) is 27.8 Å². The molecule has 0 saturated heterocycles. The van der Waals surface area contributed by atoms with Crippen molar-refractivity contribution in [3.05, 3.63) is 76.6 Å². The molecule has 2 aromatic rings. The van der Waals surface area contributed by atoms with Crippen molar-refractivity contribution in [3.8, 4) is 0 Å². The van der Waals surface area contributed by atoms with Gasteiger partial charge in [-0.1, -0.05) is 43.3 Å². The number of sulfonamides is 1. The number of hydrogen-bond acceptors (Lipinski definition) is 6. The number of carboxylic acid groups (broad SMARTS) is 1. The van der Waals surface area contributed by atoms with Crippen LogP contribution < -0.4 is 11.6 Å². The lowest BCUT2D eigenvalue weighted by molar-refractivity contribution is -0.137. The number of nitrogens with two attached hydrogens (primary N) is 2. The third-order valence-electron chi connectivity index (χ3n) is 6.76. The van der Waals surface area contributed by atoms with Gasteiger partial charge >= 0.3 is 5.97 Å². The van der Waals surface area contributed by atoms with Gasteiger partial charge in [-0.2, -0.15) is 4.31 Å². The Morgan fingerprint density at radius 3 is 2.69 bits per heavy atom. The van der Waals surface area contributed by atoms with Crippen molar-refractivity contribution in [2.45, 2.75) is 63.8 Å². The quantitative estimate of drug-likeness (QED) is 0.325. The van der Waals surface area contributed by atoms with E-state index in [0.717, 1.165) is 22.3 Å². The fourth-order valence-electron chi connectivity index (χ4n) is 4.71. The van der Waals surface area contributed by atoms with Crippen molar-refractivity contribution >= 4 is 16.0 Å². The van der Waals surface area contributed by atoms with Crippen LogP contribution >= 0.6 is 0 Å². The third kappa shape index (κ3) is 6.87. The molecule has 0 amide bonds. The van der Waals surface area contributed by atoms with Gasteiger partial charge in [-0.15, -0.1) is 0 Å². The van der Waals surface area contributed by atoms with Gasteiger partial charge in [-0.25, -0.2) is 14.3 Å². The van der Waals surface area contributed by atoms with E-state index in [2.05, 4.69) is 6.92 Å². The molecule has 1 heterocycles. The Kier molecular flexibility index (Phi) is 9.16. The summed E-state index contributed by atoms with van der Waals surface area (Å²) < 4.78 is 28.7. The van der Waals surface area contributed by atoms with Crippen molar-refractivity contribution in [1.29, 1.82) is 0 Å². The minimum absolute atomic E-state index is 0.0394. The van der Waals surface area contributed by atoms with E-state index in [1.165, 1.54) is 5.01 Å². The van der Waals surface area contributed by atoms with Crippen LogP contribution in [0, 0.1) is 12.8 Å². The van der Waals surface area contributed by atoms with Gasteiger partial charge < -0.3 is 15.8 Å². The van der Waals surface area contributed by atoms with Crippen LogP contribution in [-0.4, -0.2) is 41.9 Å². The molecule has 36 heavy (non-hydrogen) atoms. The van der Waals surface area contributed by atoms with E-state index in [9.17, 15) is 18.3 Å². The van der Waals surface area contributed by atoms with E-state index in [-0.39, 0.29) is 24.8 Å². The highest BCUT2D eigenvalue weighted by atomic mass is 32.2. The number of carbonyl (C=O) groups is 1. The zero-order chi connectivity index (χ0) is 26.5. The number of aliphatic carboxylic acids is 1. The zero-order valence-electron chi connectivity index (χ0n) is 21.4. The first kappa shape index (κ1) is 27.7. The molecule has 2 aromatic carbocycles. The average molecular weight is 515 g/mol. The lowest BCUT2D eigenvalue weighted by atomic mass is 9.88. The Labute approximate surface area is 214 Å². The minimum Gasteiger partial charge on any atom is -0.481 e. The molecule has 0 saturated carbocycles. The maximum absolute atomic E-state index is 13.6. The summed E-state index contributed by atoms with van der Waals surface area (Å²) in [6.45, 7) is 7.21. The molecule has 0 aromatic heterocycles. The number of nitrogens with zero attached hydrogens (tertiary/aromatic N) is 2. The van der Waals surface area contributed by atoms with Gasteiger partial charge in [0.05, 0.1) is 11.3 Å². The molecule has 0 bridgehead atoms. The molecule has 0 aliphatic carbocycles. The SMILES string of the molecule is CCN(N)/C=C(\N)CCC(CC(=O)O)c1ccc(C)c(CN2CC(C)Cc3ccccc3S2(=O)=O)c1. The summed E-state index contributed by atoms with van der Waals surface area (Å²) in [5.41, 5.74) is 10.2. The van der Waals surface area contributed by atoms with Gasteiger partial charge in [0.25, 0.3) is 0 Å². The van der Waals surface area contributed by atoms with E-state index in [1.54, 1.807) is 22.6 Å². The second-order valence-electron chi connectivity index (χ2n) is 9.77. The Morgan fingerprint density at radius 2 is 2.00 bits per heavy atom. The molecule has 0 fully saturated rings.